The molecule has 0 amide bonds. The van der Waals surface area contributed by atoms with Gasteiger partial charge in [-0.05, 0) is 24.3 Å². The average molecular weight is 293 g/mol. The highest BCUT2D eigenvalue weighted by molar-refractivity contribution is 5.85. The molecule has 0 saturated carbocycles. The number of nitro groups is 1. The van der Waals surface area contributed by atoms with Crippen LogP contribution in [-0.2, 0) is 0 Å². The second-order valence-corrected chi connectivity index (χ2v) is 4.64. The number of carbonyl (C=O) groups excluding carboxylic acids is 1. The maximum Gasteiger partial charge on any atom is 0.269 e. The van der Waals surface area contributed by atoms with E-state index in [-0.39, 0.29) is 5.69 Å². The van der Waals surface area contributed by atoms with Crippen molar-refractivity contribution in [3.63, 3.8) is 0 Å². The van der Waals surface area contributed by atoms with Gasteiger partial charge < -0.3 is 0 Å². The fraction of sp³-hybridized carbons (Fsp3) is 0. The van der Waals surface area contributed by atoms with Crippen molar-refractivity contribution in [3.8, 4) is 16.9 Å². The molecule has 22 heavy (non-hydrogen) atoms. The first-order valence-corrected chi connectivity index (χ1v) is 6.54. The van der Waals surface area contributed by atoms with Crippen LogP contribution in [0.1, 0.15) is 10.4 Å². The molecule has 0 spiro atoms. The van der Waals surface area contributed by atoms with Crippen LogP contribution < -0.4 is 0 Å². The summed E-state index contributed by atoms with van der Waals surface area (Å²) in [5, 5.41) is 15.1. The first-order valence-electron chi connectivity index (χ1n) is 6.54. The van der Waals surface area contributed by atoms with E-state index in [1.807, 2.05) is 30.3 Å². The van der Waals surface area contributed by atoms with Crippen molar-refractivity contribution < 1.29 is 9.72 Å². The fourth-order valence-electron chi connectivity index (χ4n) is 2.15. The molecule has 0 saturated heterocycles. The number of non-ortho nitro benzene ring substituents is 1. The lowest BCUT2D eigenvalue weighted by Crippen LogP contribution is -1.94. The van der Waals surface area contributed by atoms with Gasteiger partial charge in [-0.15, -0.1) is 0 Å². The Balaban J connectivity index is 2.05. The van der Waals surface area contributed by atoms with Gasteiger partial charge in [-0.25, -0.2) is 4.68 Å². The Labute approximate surface area is 125 Å². The molecule has 3 rings (SSSR count). The third kappa shape index (κ3) is 2.49. The van der Waals surface area contributed by atoms with Crippen molar-refractivity contribution in [2.75, 3.05) is 0 Å². The Bertz CT molecular complexity index is 824. The SMILES string of the molecule is O=Cc1cn(-c2ccccc2)nc1-c1ccc([N+](=O)[O-])cc1. The number of rotatable bonds is 4. The Morgan fingerprint density at radius 1 is 1.05 bits per heavy atom. The molecule has 6 heteroatoms. The first kappa shape index (κ1) is 13.7. The number of aromatic nitrogens is 2. The Kier molecular flexibility index (Phi) is 3.49. The highest BCUT2D eigenvalue weighted by Crippen LogP contribution is 2.24. The second-order valence-electron chi connectivity index (χ2n) is 4.64. The molecular formula is C16H11N3O3. The van der Waals surface area contributed by atoms with Gasteiger partial charge in [0.25, 0.3) is 5.69 Å². The Morgan fingerprint density at radius 3 is 2.32 bits per heavy atom. The lowest BCUT2D eigenvalue weighted by atomic mass is 10.1. The molecule has 0 atom stereocenters. The molecule has 0 bridgehead atoms. The van der Waals surface area contributed by atoms with E-state index in [1.165, 1.54) is 12.1 Å². The summed E-state index contributed by atoms with van der Waals surface area (Å²) < 4.78 is 1.61. The van der Waals surface area contributed by atoms with E-state index in [2.05, 4.69) is 5.10 Å². The summed E-state index contributed by atoms with van der Waals surface area (Å²) in [6.45, 7) is 0. The number of hydrogen-bond donors (Lipinski definition) is 0. The fourth-order valence-corrected chi connectivity index (χ4v) is 2.15. The average Bonchev–Trinajstić information content (AvgIpc) is 3.00. The first-order chi connectivity index (χ1) is 10.7. The van der Waals surface area contributed by atoms with Crippen LogP contribution in [0.5, 0.6) is 0 Å². The molecule has 2 aromatic carbocycles. The molecule has 6 nitrogen and oxygen atoms in total. The molecule has 0 unspecified atom stereocenters. The number of aldehydes is 1. The summed E-state index contributed by atoms with van der Waals surface area (Å²) in [6, 6.07) is 15.4. The number of para-hydroxylation sites is 1. The van der Waals surface area contributed by atoms with E-state index in [0.717, 1.165) is 12.0 Å². The van der Waals surface area contributed by atoms with Gasteiger partial charge >= 0.3 is 0 Å². The van der Waals surface area contributed by atoms with Gasteiger partial charge in [0, 0.05) is 23.9 Å². The summed E-state index contributed by atoms with van der Waals surface area (Å²) >= 11 is 0. The number of benzene rings is 2. The molecule has 3 aromatic rings. The number of nitro benzene ring substituents is 1. The van der Waals surface area contributed by atoms with E-state index < -0.39 is 4.92 Å². The molecular weight excluding hydrogens is 282 g/mol. The van der Waals surface area contributed by atoms with Crippen molar-refractivity contribution in [3.05, 3.63) is 76.5 Å². The van der Waals surface area contributed by atoms with Crippen LogP contribution in [0.2, 0.25) is 0 Å². The second kappa shape index (κ2) is 5.61. The predicted octanol–water partition coefficient (Wildman–Crippen LogP) is 3.26. The van der Waals surface area contributed by atoms with Crippen LogP contribution in [0.3, 0.4) is 0 Å². The van der Waals surface area contributed by atoms with Crippen LogP contribution in [0.15, 0.2) is 60.8 Å². The maximum atomic E-state index is 11.3. The van der Waals surface area contributed by atoms with Crippen molar-refractivity contribution in [2.45, 2.75) is 0 Å². The van der Waals surface area contributed by atoms with Gasteiger partial charge in [0.1, 0.15) is 5.69 Å². The molecule has 0 fully saturated rings. The summed E-state index contributed by atoms with van der Waals surface area (Å²) in [4.78, 5) is 21.5. The molecule has 0 N–H and O–H groups in total. The van der Waals surface area contributed by atoms with Crippen LogP contribution in [-0.4, -0.2) is 21.0 Å². The lowest BCUT2D eigenvalue weighted by molar-refractivity contribution is -0.384. The normalized spacial score (nSPS) is 10.4. The van der Waals surface area contributed by atoms with E-state index in [0.29, 0.717) is 16.8 Å². The van der Waals surface area contributed by atoms with E-state index in [4.69, 9.17) is 0 Å². The standard InChI is InChI=1S/C16H11N3O3/c20-11-13-10-18(14-4-2-1-3-5-14)17-16(13)12-6-8-15(9-7-12)19(21)22/h1-11H. The quantitative estimate of drug-likeness (QED) is 0.420. The van der Waals surface area contributed by atoms with E-state index in [9.17, 15) is 14.9 Å². The number of hydrogen-bond acceptors (Lipinski definition) is 4. The van der Waals surface area contributed by atoms with Gasteiger partial charge in [0.2, 0.25) is 0 Å². The molecule has 1 aromatic heterocycles. The van der Waals surface area contributed by atoms with E-state index >= 15 is 0 Å². The van der Waals surface area contributed by atoms with Crippen molar-refractivity contribution in [1.82, 2.24) is 9.78 Å². The van der Waals surface area contributed by atoms with Crippen molar-refractivity contribution in [1.29, 1.82) is 0 Å². The van der Waals surface area contributed by atoms with Crippen LogP contribution in [0.25, 0.3) is 16.9 Å². The zero-order valence-corrected chi connectivity index (χ0v) is 11.4. The summed E-state index contributed by atoms with van der Waals surface area (Å²) in [5.41, 5.74) is 2.41. The Hall–Kier alpha value is -3.28. The molecule has 0 aliphatic carbocycles. The van der Waals surface area contributed by atoms with Gasteiger partial charge in [-0.1, -0.05) is 18.2 Å². The van der Waals surface area contributed by atoms with E-state index in [1.54, 1.807) is 23.0 Å². The number of nitrogens with zero attached hydrogens (tertiary/aromatic N) is 3. The Morgan fingerprint density at radius 2 is 1.73 bits per heavy atom. The van der Waals surface area contributed by atoms with Crippen LogP contribution in [0, 0.1) is 10.1 Å². The summed E-state index contributed by atoms with van der Waals surface area (Å²) in [7, 11) is 0. The lowest BCUT2D eigenvalue weighted by Gasteiger charge is -2.00. The molecule has 108 valence electrons. The number of carbonyl (C=O) groups is 1. The van der Waals surface area contributed by atoms with Crippen LogP contribution in [0.4, 0.5) is 5.69 Å². The van der Waals surface area contributed by atoms with Crippen molar-refractivity contribution in [2.24, 2.45) is 0 Å². The van der Waals surface area contributed by atoms with Gasteiger partial charge in [0.15, 0.2) is 6.29 Å². The van der Waals surface area contributed by atoms with Gasteiger partial charge in [-0.2, -0.15) is 5.10 Å². The molecule has 0 radical (unpaired) electrons. The predicted molar refractivity (Wildman–Crippen MR) is 81.0 cm³/mol. The smallest absolute Gasteiger partial charge is 0.269 e. The largest absolute Gasteiger partial charge is 0.298 e. The minimum absolute atomic E-state index is 0.00102. The molecule has 0 aliphatic rings. The minimum atomic E-state index is -0.465. The maximum absolute atomic E-state index is 11.3. The molecule has 1 heterocycles. The minimum Gasteiger partial charge on any atom is -0.298 e. The van der Waals surface area contributed by atoms with Gasteiger partial charge in [0.05, 0.1) is 16.2 Å². The highest BCUT2D eigenvalue weighted by atomic mass is 16.6. The topological polar surface area (TPSA) is 78.0 Å². The van der Waals surface area contributed by atoms with Crippen molar-refractivity contribution >= 4 is 12.0 Å². The summed E-state index contributed by atoms with van der Waals surface area (Å²) in [5.74, 6) is 0. The summed E-state index contributed by atoms with van der Waals surface area (Å²) in [6.07, 6.45) is 2.36. The third-order valence-corrected chi connectivity index (χ3v) is 3.24. The third-order valence-electron chi connectivity index (χ3n) is 3.24. The monoisotopic (exact) mass is 293 g/mol. The van der Waals surface area contributed by atoms with Crippen LogP contribution >= 0.6 is 0 Å². The zero-order valence-electron chi connectivity index (χ0n) is 11.4. The zero-order chi connectivity index (χ0) is 15.5. The van der Waals surface area contributed by atoms with Gasteiger partial charge in [-0.3, -0.25) is 14.9 Å². The molecule has 0 aliphatic heterocycles. The highest BCUT2D eigenvalue weighted by Gasteiger charge is 2.13.